The van der Waals surface area contributed by atoms with E-state index in [1.165, 1.54) is 0 Å². The Morgan fingerprint density at radius 3 is 2.53 bits per heavy atom. The smallest absolute Gasteiger partial charge is 0.237 e. The lowest BCUT2D eigenvalue weighted by atomic mass is 9.94. The highest BCUT2D eigenvalue weighted by molar-refractivity contribution is 5.84. The highest BCUT2D eigenvalue weighted by Crippen LogP contribution is 2.25. The fourth-order valence-corrected chi connectivity index (χ4v) is 2.03. The second-order valence-electron chi connectivity index (χ2n) is 5.53. The topological polar surface area (TPSA) is 73.6 Å². The van der Waals surface area contributed by atoms with Crippen LogP contribution in [0.15, 0.2) is 0 Å². The van der Waals surface area contributed by atoms with E-state index in [4.69, 9.17) is 15.2 Å². The van der Waals surface area contributed by atoms with Gasteiger partial charge in [0.15, 0.2) is 0 Å². The van der Waals surface area contributed by atoms with Gasteiger partial charge in [-0.3, -0.25) is 4.79 Å². The molecule has 1 atom stereocenters. The van der Waals surface area contributed by atoms with Gasteiger partial charge in [-0.15, -0.1) is 0 Å². The fraction of sp³-hybridized carbons (Fsp3) is 0.929. The maximum atomic E-state index is 11.5. The van der Waals surface area contributed by atoms with E-state index < -0.39 is 5.54 Å². The standard InChI is InChI=1S/C14H28N2O3/c1-14(13(15)17,16-12-6-7-12)8-3-4-10-19-11-5-9-18-2/h12,16H,3-11H2,1-2H3,(H2,15,17). The van der Waals surface area contributed by atoms with Gasteiger partial charge < -0.3 is 20.5 Å². The Morgan fingerprint density at radius 1 is 1.26 bits per heavy atom. The lowest BCUT2D eigenvalue weighted by Gasteiger charge is -2.27. The summed E-state index contributed by atoms with van der Waals surface area (Å²) in [4.78, 5) is 11.5. The second kappa shape index (κ2) is 8.51. The minimum atomic E-state index is -0.558. The Hall–Kier alpha value is -0.650. The van der Waals surface area contributed by atoms with Crippen LogP contribution in [0.4, 0.5) is 0 Å². The maximum absolute atomic E-state index is 11.5. The van der Waals surface area contributed by atoms with Crippen LogP contribution < -0.4 is 11.1 Å². The molecule has 0 radical (unpaired) electrons. The zero-order valence-corrected chi connectivity index (χ0v) is 12.2. The number of hydrogen-bond donors (Lipinski definition) is 2. The molecule has 0 aliphatic heterocycles. The first-order valence-electron chi connectivity index (χ1n) is 7.23. The third kappa shape index (κ3) is 6.89. The average Bonchev–Trinajstić information content (AvgIpc) is 3.16. The molecule has 1 aliphatic carbocycles. The van der Waals surface area contributed by atoms with Crippen LogP contribution in [0.5, 0.6) is 0 Å². The van der Waals surface area contributed by atoms with E-state index in [0.29, 0.717) is 6.04 Å². The monoisotopic (exact) mass is 272 g/mol. The first-order chi connectivity index (χ1) is 9.08. The van der Waals surface area contributed by atoms with Crippen molar-refractivity contribution in [1.29, 1.82) is 0 Å². The van der Waals surface area contributed by atoms with Crippen molar-refractivity contribution in [3.05, 3.63) is 0 Å². The molecule has 112 valence electrons. The highest BCUT2D eigenvalue weighted by atomic mass is 16.5. The van der Waals surface area contributed by atoms with Gasteiger partial charge in [0.05, 0.1) is 5.54 Å². The lowest BCUT2D eigenvalue weighted by molar-refractivity contribution is -0.124. The summed E-state index contributed by atoms with van der Waals surface area (Å²) >= 11 is 0. The Balaban J connectivity index is 2.06. The summed E-state index contributed by atoms with van der Waals surface area (Å²) in [5.74, 6) is -0.250. The van der Waals surface area contributed by atoms with Gasteiger partial charge in [0.2, 0.25) is 5.91 Å². The minimum Gasteiger partial charge on any atom is -0.385 e. The molecule has 0 spiro atoms. The van der Waals surface area contributed by atoms with E-state index in [1.54, 1.807) is 7.11 Å². The van der Waals surface area contributed by atoms with Crippen LogP contribution in [-0.4, -0.2) is 44.4 Å². The molecule has 0 saturated heterocycles. The highest BCUT2D eigenvalue weighted by Gasteiger charge is 2.36. The number of carbonyl (C=O) groups is 1. The van der Waals surface area contributed by atoms with E-state index in [-0.39, 0.29) is 5.91 Å². The predicted octanol–water partition coefficient (Wildman–Crippen LogP) is 1.21. The zero-order valence-electron chi connectivity index (χ0n) is 12.2. The molecule has 0 aromatic carbocycles. The molecular formula is C14H28N2O3. The summed E-state index contributed by atoms with van der Waals surface area (Å²) in [6.45, 7) is 4.13. The number of hydrogen-bond acceptors (Lipinski definition) is 4. The molecule has 3 N–H and O–H groups in total. The molecule has 19 heavy (non-hydrogen) atoms. The van der Waals surface area contributed by atoms with Gasteiger partial charge in [0.1, 0.15) is 0 Å². The summed E-state index contributed by atoms with van der Waals surface area (Å²) in [6, 6.07) is 0.489. The van der Waals surface area contributed by atoms with Crippen molar-refractivity contribution in [1.82, 2.24) is 5.32 Å². The first kappa shape index (κ1) is 16.4. The van der Waals surface area contributed by atoms with Crippen molar-refractivity contribution < 1.29 is 14.3 Å². The summed E-state index contributed by atoms with van der Waals surface area (Å²) in [6.07, 6.45) is 5.93. The number of carbonyl (C=O) groups excluding carboxylic acids is 1. The van der Waals surface area contributed by atoms with E-state index in [1.807, 2.05) is 6.92 Å². The van der Waals surface area contributed by atoms with E-state index >= 15 is 0 Å². The summed E-state index contributed by atoms with van der Waals surface area (Å²) in [7, 11) is 1.69. The van der Waals surface area contributed by atoms with Gasteiger partial charge in [-0.05, 0) is 45.4 Å². The molecule has 0 aromatic heterocycles. The van der Waals surface area contributed by atoms with Crippen LogP contribution in [0.2, 0.25) is 0 Å². The van der Waals surface area contributed by atoms with Gasteiger partial charge in [-0.2, -0.15) is 0 Å². The Morgan fingerprint density at radius 2 is 1.95 bits per heavy atom. The third-order valence-electron chi connectivity index (χ3n) is 3.50. The van der Waals surface area contributed by atoms with Crippen LogP contribution in [0, 0.1) is 0 Å². The van der Waals surface area contributed by atoms with Crippen molar-refractivity contribution in [3.63, 3.8) is 0 Å². The number of rotatable bonds is 12. The quantitative estimate of drug-likeness (QED) is 0.524. The Kier molecular flexibility index (Phi) is 7.34. The molecular weight excluding hydrogens is 244 g/mol. The van der Waals surface area contributed by atoms with Gasteiger partial charge in [-0.1, -0.05) is 0 Å². The van der Waals surface area contributed by atoms with Crippen molar-refractivity contribution >= 4 is 5.91 Å². The predicted molar refractivity (Wildman–Crippen MR) is 74.9 cm³/mol. The molecule has 1 rings (SSSR count). The largest absolute Gasteiger partial charge is 0.385 e. The number of nitrogens with one attached hydrogen (secondary N) is 1. The number of ether oxygens (including phenoxy) is 2. The number of methoxy groups -OCH3 is 1. The Bertz CT molecular complexity index is 269. The van der Waals surface area contributed by atoms with Crippen LogP contribution in [0.25, 0.3) is 0 Å². The first-order valence-corrected chi connectivity index (χ1v) is 7.23. The molecule has 5 heteroatoms. The van der Waals surface area contributed by atoms with Gasteiger partial charge in [0, 0.05) is 33.0 Å². The lowest BCUT2D eigenvalue weighted by Crippen LogP contribution is -2.53. The SMILES string of the molecule is COCCCOCCCCC(C)(NC1CC1)C(N)=O. The van der Waals surface area contributed by atoms with E-state index in [0.717, 1.165) is 58.3 Å². The molecule has 0 heterocycles. The number of unbranched alkanes of at least 4 members (excludes halogenated alkanes) is 1. The molecule has 0 aromatic rings. The third-order valence-corrected chi connectivity index (χ3v) is 3.50. The van der Waals surface area contributed by atoms with Crippen LogP contribution >= 0.6 is 0 Å². The minimum absolute atomic E-state index is 0.250. The van der Waals surface area contributed by atoms with Gasteiger partial charge in [-0.25, -0.2) is 0 Å². The zero-order chi connectivity index (χ0) is 14.1. The van der Waals surface area contributed by atoms with Crippen molar-refractivity contribution in [2.24, 2.45) is 5.73 Å². The maximum Gasteiger partial charge on any atom is 0.237 e. The molecule has 1 unspecified atom stereocenters. The van der Waals surface area contributed by atoms with E-state index in [2.05, 4.69) is 5.32 Å². The molecule has 5 nitrogen and oxygen atoms in total. The molecule has 0 bridgehead atoms. The van der Waals surface area contributed by atoms with Crippen LogP contribution in [0.1, 0.15) is 45.4 Å². The molecule has 1 saturated carbocycles. The van der Waals surface area contributed by atoms with Gasteiger partial charge in [0.25, 0.3) is 0 Å². The molecule has 1 fully saturated rings. The Labute approximate surface area is 116 Å². The molecule has 1 aliphatic rings. The van der Waals surface area contributed by atoms with Crippen molar-refractivity contribution in [3.8, 4) is 0 Å². The molecule has 1 amide bonds. The summed E-state index contributed by atoms with van der Waals surface area (Å²) in [5, 5.41) is 3.35. The number of nitrogens with two attached hydrogens (primary N) is 1. The fourth-order valence-electron chi connectivity index (χ4n) is 2.03. The van der Waals surface area contributed by atoms with Crippen molar-refractivity contribution in [2.45, 2.75) is 57.0 Å². The van der Waals surface area contributed by atoms with Gasteiger partial charge >= 0.3 is 0 Å². The second-order valence-corrected chi connectivity index (χ2v) is 5.53. The number of amides is 1. The van der Waals surface area contributed by atoms with E-state index in [9.17, 15) is 4.79 Å². The van der Waals surface area contributed by atoms with Crippen molar-refractivity contribution in [2.75, 3.05) is 26.9 Å². The van der Waals surface area contributed by atoms with Crippen LogP contribution in [0.3, 0.4) is 0 Å². The van der Waals surface area contributed by atoms with Crippen LogP contribution in [-0.2, 0) is 14.3 Å². The normalized spacial score (nSPS) is 18.2. The summed E-state index contributed by atoms with van der Waals surface area (Å²) in [5.41, 5.74) is 4.94. The summed E-state index contributed by atoms with van der Waals surface area (Å²) < 4.78 is 10.4. The average molecular weight is 272 g/mol. The number of primary amides is 1.